The second-order valence-electron chi connectivity index (χ2n) is 1.57. The van der Waals surface area contributed by atoms with Crippen molar-refractivity contribution in [2.24, 2.45) is 0 Å². The fraction of sp³-hybridized carbons (Fsp3) is 0.500. The molecule has 0 fully saturated rings. The van der Waals surface area contributed by atoms with E-state index in [1.165, 1.54) is 0 Å². The molecule has 7 heteroatoms. The third-order valence-electron chi connectivity index (χ3n) is 0.805. The minimum absolute atomic E-state index is 0. The summed E-state index contributed by atoms with van der Waals surface area (Å²) in [6.45, 7) is 0. The van der Waals surface area contributed by atoms with Crippen LogP contribution in [0.25, 0.3) is 0 Å². The van der Waals surface area contributed by atoms with Gasteiger partial charge in [0.2, 0.25) is 0 Å². The van der Waals surface area contributed by atoms with Crippen LogP contribution in [0.2, 0.25) is 0 Å². The minimum Gasteiger partial charge on any atom is -0.480 e. The molecule has 0 aliphatic rings. The van der Waals surface area contributed by atoms with E-state index in [0.29, 0.717) is 0 Å². The van der Waals surface area contributed by atoms with Crippen LogP contribution in [0.4, 0.5) is 0 Å². The third kappa shape index (κ3) is 4.97. The second kappa shape index (κ2) is 6.19. The molecule has 0 aromatic carbocycles. The van der Waals surface area contributed by atoms with Gasteiger partial charge in [-0.15, -0.1) is 0 Å². The van der Waals surface area contributed by atoms with E-state index in [1.807, 2.05) is 0 Å². The summed E-state index contributed by atoms with van der Waals surface area (Å²) in [6, 6.07) is 0. The molecule has 0 aliphatic carbocycles. The Kier molecular flexibility index (Phi) is 7.98. The summed E-state index contributed by atoms with van der Waals surface area (Å²) in [4.78, 5) is 20.1. The summed E-state index contributed by atoms with van der Waals surface area (Å²) in [5.74, 6) is -2.57. The van der Waals surface area contributed by atoms with Crippen molar-refractivity contribution in [3.63, 3.8) is 0 Å². The topological polar surface area (TPSA) is 74.6 Å². The molecular weight excluding hydrogens is 199 g/mol. The fourth-order valence-corrected chi connectivity index (χ4v) is 0.525. The molecule has 0 radical (unpaired) electrons. The predicted molar refractivity (Wildman–Crippen MR) is 40.8 cm³/mol. The maximum absolute atomic E-state index is 10.1. The van der Waals surface area contributed by atoms with Crippen molar-refractivity contribution in [1.29, 1.82) is 0 Å². The van der Waals surface area contributed by atoms with Crippen molar-refractivity contribution in [1.82, 2.24) is 0 Å². The summed E-state index contributed by atoms with van der Waals surface area (Å²) in [5.41, 5.74) is 0. The number of carbonyl (C=O) groups is 2. The van der Waals surface area contributed by atoms with Crippen LogP contribution in [0, 0.1) is 0 Å². The first-order valence-electron chi connectivity index (χ1n) is 2.28. The molecule has 2 atom stereocenters. The number of thiol groups is 2. The van der Waals surface area contributed by atoms with Crippen molar-refractivity contribution < 1.29 is 49.4 Å². The van der Waals surface area contributed by atoms with Gasteiger partial charge in [0.25, 0.3) is 0 Å². The van der Waals surface area contributed by atoms with E-state index >= 15 is 0 Å². The molecule has 0 bridgehead atoms. The Labute approximate surface area is 96.5 Å². The molecule has 2 unspecified atom stereocenters. The van der Waals surface area contributed by atoms with Gasteiger partial charge in [-0.3, -0.25) is 9.59 Å². The van der Waals surface area contributed by atoms with Crippen molar-refractivity contribution >= 4 is 37.2 Å². The molecule has 0 spiro atoms. The van der Waals surface area contributed by atoms with E-state index in [0.717, 1.165) is 0 Å². The monoisotopic (exact) mass is 205 g/mol. The van der Waals surface area contributed by atoms with E-state index in [9.17, 15) is 9.59 Å². The maximum atomic E-state index is 10.1. The first-order chi connectivity index (χ1) is 4.46. The van der Waals surface area contributed by atoms with Crippen LogP contribution in [-0.2, 0) is 9.59 Å². The molecule has 2 N–H and O–H groups in total. The molecule has 0 rings (SSSR count). The number of rotatable bonds is 3. The fourth-order valence-electron chi connectivity index (χ4n) is 0.270. The smallest absolute Gasteiger partial charge is 0.480 e. The molecule has 0 aliphatic heterocycles. The van der Waals surface area contributed by atoms with Crippen molar-refractivity contribution in [2.75, 3.05) is 0 Å². The number of aliphatic carboxylic acids is 2. The Balaban J connectivity index is 0. The summed E-state index contributed by atoms with van der Waals surface area (Å²) in [7, 11) is 0. The number of hydrogen-bond acceptors (Lipinski definition) is 4. The summed E-state index contributed by atoms with van der Waals surface area (Å²) < 4.78 is 0. The number of carboxylic acid groups (broad SMARTS) is 2. The van der Waals surface area contributed by atoms with Crippen LogP contribution < -0.4 is 29.6 Å². The number of carboxylic acids is 2. The van der Waals surface area contributed by atoms with Gasteiger partial charge >= 0.3 is 41.5 Å². The first-order valence-corrected chi connectivity index (χ1v) is 3.32. The molecule has 0 saturated carbocycles. The Bertz CT molecular complexity index is 144. The molecule has 4 nitrogen and oxygen atoms in total. The van der Waals surface area contributed by atoms with Gasteiger partial charge in [0.05, 0.1) is 0 Å². The minimum atomic E-state index is -1.29. The van der Waals surface area contributed by atoms with Gasteiger partial charge in [0, 0.05) is 0 Å². The van der Waals surface area contributed by atoms with Crippen LogP contribution in [0.5, 0.6) is 0 Å². The standard InChI is InChI=1S/C4H6O4S2.Na/c5-3(6)1(9)2(10)4(7)8;/h1-2,9-10H,(H,5,6)(H,7,8);/q;+1. The largest absolute Gasteiger partial charge is 1.00 e. The van der Waals surface area contributed by atoms with Crippen molar-refractivity contribution in [2.45, 2.75) is 10.5 Å². The Morgan fingerprint density at radius 2 is 1.18 bits per heavy atom. The first kappa shape index (κ1) is 14.2. The molecule has 0 heterocycles. The third-order valence-corrected chi connectivity index (χ3v) is 2.08. The van der Waals surface area contributed by atoms with Gasteiger partial charge in [-0.25, -0.2) is 0 Å². The van der Waals surface area contributed by atoms with Crippen molar-refractivity contribution in [3.05, 3.63) is 0 Å². The summed E-state index contributed by atoms with van der Waals surface area (Å²) >= 11 is 7.00. The molecule has 0 aromatic heterocycles. The van der Waals surface area contributed by atoms with E-state index < -0.39 is 22.4 Å². The van der Waals surface area contributed by atoms with E-state index in [2.05, 4.69) is 25.3 Å². The second-order valence-corrected chi connectivity index (χ2v) is 2.68. The normalized spacial score (nSPS) is 14.4. The zero-order valence-corrected chi connectivity index (χ0v) is 9.55. The quantitative estimate of drug-likeness (QED) is 0.288. The van der Waals surface area contributed by atoms with Gasteiger partial charge < -0.3 is 10.2 Å². The number of hydrogen-bond donors (Lipinski definition) is 4. The Morgan fingerprint density at radius 3 is 1.27 bits per heavy atom. The van der Waals surface area contributed by atoms with Gasteiger partial charge in [-0.1, -0.05) is 0 Å². The van der Waals surface area contributed by atoms with E-state index in [4.69, 9.17) is 10.2 Å². The van der Waals surface area contributed by atoms with Crippen LogP contribution in [0.3, 0.4) is 0 Å². The summed E-state index contributed by atoms with van der Waals surface area (Å²) in [5, 5.41) is 13.9. The van der Waals surface area contributed by atoms with Crippen molar-refractivity contribution in [3.8, 4) is 0 Å². The SMILES string of the molecule is O=C(O)C(S)C(S)C(=O)O.[Na+]. The van der Waals surface area contributed by atoms with Crippen LogP contribution >= 0.6 is 25.3 Å². The zero-order valence-electron chi connectivity index (χ0n) is 5.76. The van der Waals surface area contributed by atoms with Gasteiger partial charge in [0.15, 0.2) is 0 Å². The molecule has 0 aromatic rings. The Morgan fingerprint density at radius 1 is 1.00 bits per heavy atom. The van der Waals surface area contributed by atoms with Crippen LogP contribution in [0.1, 0.15) is 0 Å². The Hall–Kier alpha value is 0.640. The van der Waals surface area contributed by atoms with Crippen LogP contribution in [0.15, 0.2) is 0 Å². The van der Waals surface area contributed by atoms with Gasteiger partial charge in [0.1, 0.15) is 10.5 Å². The van der Waals surface area contributed by atoms with Crippen LogP contribution in [-0.4, -0.2) is 32.7 Å². The maximum Gasteiger partial charge on any atom is 1.00 e. The molecule has 0 saturated heterocycles. The zero-order chi connectivity index (χ0) is 8.31. The van der Waals surface area contributed by atoms with E-state index in [1.54, 1.807) is 0 Å². The average molecular weight is 205 g/mol. The summed E-state index contributed by atoms with van der Waals surface area (Å²) in [6.07, 6.45) is 0. The predicted octanol–water partition coefficient (Wildman–Crippen LogP) is -3.24. The van der Waals surface area contributed by atoms with Gasteiger partial charge in [-0.05, 0) is 0 Å². The molecule has 58 valence electrons. The van der Waals surface area contributed by atoms with E-state index in [-0.39, 0.29) is 29.6 Å². The molecular formula is C4H6NaO4S2+. The average Bonchev–Trinajstić information content (AvgIpc) is 1.84. The van der Waals surface area contributed by atoms with Gasteiger partial charge in [-0.2, -0.15) is 25.3 Å². The molecule has 0 amide bonds. The molecule has 11 heavy (non-hydrogen) atoms.